The van der Waals surface area contributed by atoms with Crippen LogP contribution >= 0.6 is 0 Å². The lowest BCUT2D eigenvalue weighted by Gasteiger charge is -2.14. The van der Waals surface area contributed by atoms with Gasteiger partial charge in [0.2, 0.25) is 0 Å². The minimum absolute atomic E-state index is 0.0792. The maximum Gasteiger partial charge on any atom is 0.255 e. The molecule has 0 unspecified atom stereocenters. The summed E-state index contributed by atoms with van der Waals surface area (Å²) in [7, 11) is 3.88. The highest BCUT2D eigenvalue weighted by molar-refractivity contribution is 6.04. The van der Waals surface area contributed by atoms with Crippen LogP contribution in [0.5, 0.6) is 5.75 Å². The molecule has 6 heteroatoms. The molecule has 0 bridgehead atoms. The first-order valence-corrected chi connectivity index (χ1v) is 7.83. The highest BCUT2D eigenvalue weighted by Gasteiger charge is 2.07. The van der Waals surface area contributed by atoms with Crippen LogP contribution in [-0.2, 0) is 0 Å². The Morgan fingerprint density at radius 3 is 2.56 bits per heavy atom. The van der Waals surface area contributed by atoms with Crippen molar-refractivity contribution in [1.82, 2.24) is 0 Å². The third kappa shape index (κ3) is 5.32. The third-order valence-corrected chi connectivity index (χ3v) is 3.58. The van der Waals surface area contributed by atoms with Crippen molar-refractivity contribution in [2.45, 2.75) is 0 Å². The van der Waals surface area contributed by atoms with Crippen LogP contribution in [0.3, 0.4) is 0 Å². The second-order valence-electron chi connectivity index (χ2n) is 5.68. The number of halogens is 1. The first-order chi connectivity index (χ1) is 12.0. The van der Waals surface area contributed by atoms with E-state index in [-0.39, 0.29) is 19.1 Å². The molecule has 0 spiro atoms. The van der Waals surface area contributed by atoms with Crippen molar-refractivity contribution in [3.8, 4) is 5.75 Å². The van der Waals surface area contributed by atoms with E-state index in [1.54, 1.807) is 24.3 Å². The van der Waals surface area contributed by atoms with Gasteiger partial charge < -0.3 is 20.7 Å². The zero-order chi connectivity index (χ0) is 18.2. The molecule has 132 valence electrons. The van der Waals surface area contributed by atoms with Gasteiger partial charge in [0, 0.05) is 43.2 Å². The minimum atomic E-state index is -0.214. The van der Waals surface area contributed by atoms with Crippen molar-refractivity contribution in [2.75, 3.05) is 37.5 Å². The summed E-state index contributed by atoms with van der Waals surface area (Å²) in [6.45, 7) is 0.179. The van der Waals surface area contributed by atoms with Gasteiger partial charge >= 0.3 is 0 Å². The van der Waals surface area contributed by atoms with E-state index in [0.29, 0.717) is 23.2 Å². The molecule has 0 aliphatic carbocycles. The molecule has 0 radical (unpaired) electrons. The number of nitrogens with one attached hydrogen (secondary N) is 1. The van der Waals surface area contributed by atoms with Crippen molar-refractivity contribution in [3.63, 3.8) is 0 Å². The monoisotopic (exact) mass is 343 g/mol. The molecule has 3 N–H and O–H groups in total. The summed E-state index contributed by atoms with van der Waals surface area (Å²) < 4.78 is 17.9. The van der Waals surface area contributed by atoms with Crippen molar-refractivity contribution < 1.29 is 13.9 Å². The van der Waals surface area contributed by atoms with Gasteiger partial charge in [-0.1, -0.05) is 6.07 Å². The van der Waals surface area contributed by atoms with E-state index in [1.165, 1.54) is 0 Å². The molecular formula is C19H22FN3O2. The Hall–Kier alpha value is -2.86. The largest absolute Gasteiger partial charge is 0.489 e. The summed E-state index contributed by atoms with van der Waals surface area (Å²) in [6, 6.07) is 14.2. The number of amides is 1. The van der Waals surface area contributed by atoms with Crippen LogP contribution in [0.15, 0.2) is 60.4 Å². The van der Waals surface area contributed by atoms with Crippen LogP contribution in [0.4, 0.5) is 15.8 Å². The summed E-state index contributed by atoms with van der Waals surface area (Å²) in [5, 5.41) is 2.86. The van der Waals surface area contributed by atoms with E-state index >= 15 is 0 Å². The SMILES string of the molecule is CN(C)c1cccc(NC(=O)c2ccc(OC/C(=C\F)CN)cc2)c1. The van der Waals surface area contributed by atoms with E-state index in [1.807, 2.05) is 43.3 Å². The molecule has 2 aromatic rings. The molecule has 0 heterocycles. The number of ether oxygens (including phenoxy) is 1. The fourth-order valence-electron chi connectivity index (χ4n) is 2.08. The van der Waals surface area contributed by atoms with Gasteiger partial charge in [-0.3, -0.25) is 4.79 Å². The summed E-state index contributed by atoms with van der Waals surface area (Å²) >= 11 is 0. The van der Waals surface area contributed by atoms with Gasteiger partial charge in [-0.15, -0.1) is 0 Å². The Labute approximate surface area is 146 Å². The van der Waals surface area contributed by atoms with E-state index in [0.717, 1.165) is 11.4 Å². The lowest BCUT2D eigenvalue weighted by atomic mass is 10.2. The lowest BCUT2D eigenvalue weighted by molar-refractivity contribution is 0.102. The Bertz CT molecular complexity index is 743. The molecule has 0 aromatic heterocycles. The maximum atomic E-state index is 12.4. The first kappa shape index (κ1) is 18.5. The standard InChI is InChI=1S/C19H22FN3O2/c1-23(2)17-5-3-4-16(10-17)22-19(24)15-6-8-18(9-7-15)25-13-14(11-20)12-21/h3-11H,12-13,21H2,1-2H3,(H,22,24)/b14-11-. The average Bonchev–Trinajstić information content (AvgIpc) is 2.63. The van der Waals surface area contributed by atoms with E-state index in [2.05, 4.69) is 5.32 Å². The van der Waals surface area contributed by atoms with Crippen LogP contribution in [0.1, 0.15) is 10.4 Å². The Balaban J connectivity index is 1.99. The van der Waals surface area contributed by atoms with Gasteiger partial charge in [0.1, 0.15) is 12.4 Å². The molecule has 2 aromatic carbocycles. The number of carbonyl (C=O) groups excluding carboxylic acids is 1. The van der Waals surface area contributed by atoms with E-state index in [9.17, 15) is 9.18 Å². The number of nitrogens with zero attached hydrogens (tertiary/aromatic N) is 1. The van der Waals surface area contributed by atoms with Crippen molar-refractivity contribution >= 4 is 17.3 Å². The molecule has 5 nitrogen and oxygen atoms in total. The number of rotatable bonds is 7. The van der Waals surface area contributed by atoms with Crippen LogP contribution in [0, 0.1) is 0 Å². The predicted molar refractivity (Wildman–Crippen MR) is 98.9 cm³/mol. The van der Waals surface area contributed by atoms with Gasteiger partial charge in [0.05, 0.1) is 6.33 Å². The number of anilines is 2. The fourth-order valence-corrected chi connectivity index (χ4v) is 2.08. The fraction of sp³-hybridized carbons (Fsp3) is 0.211. The first-order valence-electron chi connectivity index (χ1n) is 7.83. The summed E-state index contributed by atoms with van der Waals surface area (Å²) in [4.78, 5) is 14.3. The van der Waals surface area contributed by atoms with Crippen LogP contribution in [-0.4, -0.2) is 33.2 Å². The van der Waals surface area contributed by atoms with Crippen molar-refractivity contribution in [3.05, 3.63) is 66.0 Å². The molecule has 1 amide bonds. The van der Waals surface area contributed by atoms with Crippen molar-refractivity contribution in [2.24, 2.45) is 5.73 Å². The van der Waals surface area contributed by atoms with Crippen LogP contribution < -0.4 is 20.7 Å². The summed E-state index contributed by atoms with van der Waals surface area (Å²) in [6.07, 6.45) is 0.448. The van der Waals surface area contributed by atoms with Gasteiger partial charge in [-0.05, 0) is 42.5 Å². The molecular weight excluding hydrogens is 321 g/mol. The predicted octanol–water partition coefficient (Wildman–Crippen LogP) is 3.20. The molecule has 0 saturated heterocycles. The van der Waals surface area contributed by atoms with Gasteiger partial charge in [-0.2, -0.15) is 0 Å². The number of nitrogens with two attached hydrogens (primary N) is 1. The molecule has 0 aliphatic heterocycles. The second-order valence-corrected chi connectivity index (χ2v) is 5.68. The molecule has 0 aliphatic rings. The Morgan fingerprint density at radius 2 is 1.96 bits per heavy atom. The van der Waals surface area contributed by atoms with E-state index < -0.39 is 0 Å². The normalized spacial score (nSPS) is 11.1. The zero-order valence-corrected chi connectivity index (χ0v) is 14.3. The Morgan fingerprint density at radius 1 is 1.24 bits per heavy atom. The van der Waals surface area contributed by atoms with Gasteiger partial charge in [0.25, 0.3) is 5.91 Å². The highest BCUT2D eigenvalue weighted by atomic mass is 19.1. The minimum Gasteiger partial charge on any atom is -0.489 e. The Kier molecular flexibility index (Phi) is 6.54. The molecule has 2 rings (SSSR count). The topological polar surface area (TPSA) is 67.6 Å². The quantitative estimate of drug-likeness (QED) is 0.810. The molecule has 0 saturated carbocycles. The summed E-state index contributed by atoms with van der Waals surface area (Å²) in [5.74, 6) is 0.327. The third-order valence-electron chi connectivity index (χ3n) is 3.58. The van der Waals surface area contributed by atoms with Gasteiger partial charge in [-0.25, -0.2) is 4.39 Å². The van der Waals surface area contributed by atoms with Crippen molar-refractivity contribution in [1.29, 1.82) is 0 Å². The number of carbonyl (C=O) groups is 1. The maximum absolute atomic E-state index is 12.4. The average molecular weight is 343 g/mol. The summed E-state index contributed by atoms with van der Waals surface area (Å²) in [5.41, 5.74) is 7.95. The molecule has 25 heavy (non-hydrogen) atoms. The van der Waals surface area contributed by atoms with E-state index in [4.69, 9.17) is 10.5 Å². The smallest absolute Gasteiger partial charge is 0.255 e. The number of benzene rings is 2. The van der Waals surface area contributed by atoms with Gasteiger partial charge in [0.15, 0.2) is 0 Å². The highest BCUT2D eigenvalue weighted by Crippen LogP contribution is 2.19. The van der Waals surface area contributed by atoms with Crippen LogP contribution in [0.25, 0.3) is 0 Å². The lowest BCUT2D eigenvalue weighted by Crippen LogP contribution is -2.13. The van der Waals surface area contributed by atoms with Crippen LogP contribution in [0.2, 0.25) is 0 Å². The molecule has 0 atom stereocenters. The number of hydrogen-bond donors (Lipinski definition) is 2. The zero-order valence-electron chi connectivity index (χ0n) is 14.3. The second kappa shape index (κ2) is 8.84. The number of hydrogen-bond acceptors (Lipinski definition) is 4. The molecule has 0 fully saturated rings.